The molecule has 2 N–H and O–H groups in total. The first-order chi connectivity index (χ1) is 11.4. The maximum atomic E-state index is 13.1. The van der Waals surface area contributed by atoms with Crippen molar-refractivity contribution in [2.75, 3.05) is 10.6 Å². The lowest BCUT2D eigenvalue weighted by Crippen LogP contribution is -2.22. The summed E-state index contributed by atoms with van der Waals surface area (Å²) in [5.41, 5.74) is 2.68. The molecule has 6 heteroatoms. The fraction of sp³-hybridized carbons (Fsp3) is 0.222. The quantitative estimate of drug-likeness (QED) is 0.818. The largest absolute Gasteiger partial charge is 0.326 e. The molecule has 2 aromatic carbocycles. The Bertz CT molecular complexity index is 776. The predicted octanol–water partition coefficient (Wildman–Crippen LogP) is 3.80. The van der Waals surface area contributed by atoms with Gasteiger partial charge in [0.05, 0.1) is 0 Å². The predicted molar refractivity (Wildman–Crippen MR) is 88.8 cm³/mol. The molecule has 0 aliphatic heterocycles. The van der Waals surface area contributed by atoms with Crippen LogP contribution in [0.1, 0.15) is 24.5 Å². The fourth-order valence-electron chi connectivity index (χ4n) is 2.31. The van der Waals surface area contributed by atoms with Crippen LogP contribution >= 0.6 is 0 Å². The van der Waals surface area contributed by atoms with Crippen LogP contribution in [0.2, 0.25) is 0 Å². The molecule has 0 saturated heterocycles. The molecule has 0 bridgehead atoms. The van der Waals surface area contributed by atoms with Crippen LogP contribution < -0.4 is 10.6 Å². The summed E-state index contributed by atoms with van der Waals surface area (Å²) in [5.74, 6) is -3.15. The molecule has 2 rings (SSSR count). The topological polar surface area (TPSA) is 58.2 Å². The summed E-state index contributed by atoms with van der Waals surface area (Å²) >= 11 is 0. The van der Waals surface area contributed by atoms with Crippen LogP contribution in [0.5, 0.6) is 0 Å². The van der Waals surface area contributed by atoms with E-state index in [4.69, 9.17) is 0 Å². The minimum absolute atomic E-state index is 0.0943. The molecule has 0 spiro atoms. The van der Waals surface area contributed by atoms with Gasteiger partial charge in [-0.15, -0.1) is 0 Å². The van der Waals surface area contributed by atoms with Gasteiger partial charge in [0.1, 0.15) is 6.42 Å². The van der Waals surface area contributed by atoms with Gasteiger partial charge in [-0.05, 0) is 36.6 Å². The zero-order valence-corrected chi connectivity index (χ0v) is 13.5. The highest BCUT2D eigenvalue weighted by molar-refractivity contribution is 6.08. The number of carbonyl (C=O) groups excluding carboxylic acids is 2. The van der Waals surface area contributed by atoms with Gasteiger partial charge in [-0.1, -0.05) is 25.1 Å². The number of aryl methyl sites for hydroxylation is 2. The van der Waals surface area contributed by atoms with Gasteiger partial charge < -0.3 is 10.6 Å². The number of rotatable bonds is 5. The molecule has 0 fully saturated rings. The molecule has 0 aromatic heterocycles. The van der Waals surface area contributed by atoms with Crippen molar-refractivity contribution in [1.82, 2.24) is 0 Å². The van der Waals surface area contributed by atoms with Crippen LogP contribution in [0, 0.1) is 18.6 Å². The summed E-state index contributed by atoms with van der Waals surface area (Å²) in [6.07, 6.45) is 0.328. The summed E-state index contributed by atoms with van der Waals surface area (Å²) in [7, 11) is 0. The number of para-hydroxylation sites is 1. The molecule has 0 radical (unpaired) electrons. The normalized spacial score (nSPS) is 10.3. The third-order valence-corrected chi connectivity index (χ3v) is 3.53. The maximum Gasteiger partial charge on any atom is 0.233 e. The van der Waals surface area contributed by atoms with Crippen LogP contribution in [-0.4, -0.2) is 11.8 Å². The van der Waals surface area contributed by atoms with Gasteiger partial charge in [-0.2, -0.15) is 0 Å². The number of hydrogen-bond acceptors (Lipinski definition) is 2. The van der Waals surface area contributed by atoms with Crippen molar-refractivity contribution in [2.45, 2.75) is 26.7 Å². The number of halogens is 2. The van der Waals surface area contributed by atoms with Crippen molar-refractivity contribution in [1.29, 1.82) is 0 Å². The Morgan fingerprint density at radius 3 is 2.38 bits per heavy atom. The summed E-state index contributed by atoms with van der Waals surface area (Å²) in [6.45, 7) is 3.84. The molecule has 4 nitrogen and oxygen atoms in total. The smallest absolute Gasteiger partial charge is 0.233 e. The highest BCUT2D eigenvalue weighted by Gasteiger charge is 2.13. The van der Waals surface area contributed by atoms with Crippen LogP contribution in [0.3, 0.4) is 0 Å². The van der Waals surface area contributed by atoms with Crippen molar-refractivity contribution in [3.05, 3.63) is 59.2 Å². The number of amides is 2. The van der Waals surface area contributed by atoms with E-state index in [2.05, 4.69) is 10.6 Å². The Labute approximate surface area is 138 Å². The van der Waals surface area contributed by atoms with Crippen LogP contribution in [0.15, 0.2) is 36.4 Å². The number of anilines is 2. The third-order valence-electron chi connectivity index (χ3n) is 3.53. The van der Waals surface area contributed by atoms with E-state index in [-0.39, 0.29) is 5.69 Å². The van der Waals surface area contributed by atoms with Crippen molar-refractivity contribution in [3.8, 4) is 0 Å². The van der Waals surface area contributed by atoms with Gasteiger partial charge in [0.25, 0.3) is 0 Å². The lowest BCUT2D eigenvalue weighted by atomic mass is 10.1. The Morgan fingerprint density at radius 1 is 1.00 bits per heavy atom. The average molecular weight is 332 g/mol. The second-order valence-corrected chi connectivity index (χ2v) is 5.36. The van der Waals surface area contributed by atoms with E-state index in [1.54, 1.807) is 0 Å². The minimum atomic E-state index is -1.07. The van der Waals surface area contributed by atoms with Crippen molar-refractivity contribution in [3.63, 3.8) is 0 Å². The summed E-state index contributed by atoms with van der Waals surface area (Å²) in [5, 5.41) is 5.10. The molecule has 0 aliphatic rings. The highest BCUT2D eigenvalue weighted by atomic mass is 19.2. The average Bonchev–Trinajstić information content (AvgIpc) is 2.52. The fourth-order valence-corrected chi connectivity index (χ4v) is 2.31. The van der Waals surface area contributed by atoms with E-state index < -0.39 is 29.9 Å². The molecule has 2 aromatic rings. The first kappa shape index (κ1) is 17.6. The molecule has 0 unspecified atom stereocenters. The van der Waals surface area contributed by atoms with Crippen LogP contribution in [0.25, 0.3) is 0 Å². The molecule has 0 saturated carbocycles. The molecule has 0 atom stereocenters. The highest BCUT2D eigenvalue weighted by Crippen LogP contribution is 2.21. The second kappa shape index (κ2) is 7.68. The Morgan fingerprint density at radius 2 is 1.71 bits per heavy atom. The number of carbonyl (C=O) groups is 2. The standard InChI is InChI=1S/C18H18F2N2O2/c1-3-12-6-4-5-11(2)18(12)22-17(24)10-16(23)21-13-7-8-14(19)15(20)9-13/h4-9H,3,10H2,1-2H3,(H,21,23)(H,22,24). The van der Waals surface area contributed by atoms with E-state index in [0.717, 1.165) is 29.7 Å². The minimum Gasteiger partial charge on any atom is -0.326 e. The summed E-state index contributed by atoms with van der Waals surface area (Å²) in [6, 6.07) is 8.68. The molecule has 24 heavy (non-hydrogen) atoms. The van der Waals surface area contributed by atoms with E-state index in [1.165, 1.54) is 6.07 Å². The summed E-state index contributed by atoms with van der Waals surface area (Å²) < 4.78 is 25.9. The van der Waals surface area contributed by atoms with Gasteiger partial charge in [0.15, 0.2) is 11.6 Å². The molecular formula is C18H18F2N2O2. The molecule has 126 valence electrons. The first-order valence-electron chi connectivity index (χ1n) is 7.54. The van der Waals surface area contributed by atoms with Crippen molar-refractivity contribution < 1.29 is 18.4 Å². The van der Waals surface area contributed by atoms with Gasteiger partial charge in [0.2, 0.25) is 11.8 Å². The lowest BCUT2D eigenvalue weighted by Gasteiger charge is -2.13. The Balaban J connectivity index is 1.99. The van der Waals surface area contributed by atoms with Gasteiger partial charge in [0, 0.05) is 17.4 Å². The van der Waals surface area contributed by atoms with Gasteiger partial charge in [-0.25, -0.2) is 8.78 Å². The monoisotopic (exact) mass is 332 g/mol. The zero-order valence-electron chi connectivity index (χ0n) is 13.5. The summed E-state index contributed by atoms with van der Waals surface area (Å²) in [4.78, 5) is 23.9. The number of hydrogen-bond donors (Lipinski definition) is 2. The van der Waals surface area contributed by atoms with Crippen LogP contribution in [0.4, 0.5) is 20.2 Å². The van der Waals surface area contributed by atoms with Crippen molar-refractivity contribution in [2.24, 2.45) is 0 Å². The second-order valence-electron chi connectivity index (χ2n) is 5.36. The SMILES string of the molecule is CCc1cccc(C)c1NC(=O)CC(=O)Nc1ccc(F)c(F)c1. The maximum absolute atomic E-state index is 13.1. The first-order valence-corrected chi connectivity index (χ1v) is 7.54. The van der Waals surface area contributed by atoms with E-state index in [0.29, 0.717) is 5.69 Å². The van der Waals surface area contributed by atoms with Crippen molar-refractivity contribution >= 4 is 23.2 Å². The lowest BCUT2D eigenvalue weighted by molar-refractivity contribution is -0.123. The van der Waals surface area contributed by atoms with E-state index in [9.17, 15) is 18.4 Å². The molecular weight excluding hydrogens is 314 g/mol. The Kier molecular flexibility index (Phi) is 5.63. The molecule has 0 aliphatic carbocycles. The third kappa shape index (κ3) is 4.38. The number of benzene rings is 2. The number of nitrogens with one attached hydrogen (secondary N) is 2. The molecule has 0 heterocycles. The van der Waals surface area contributed by atoms with Gasteiger partial charge in [-0.3, -0.25) is 9.59 Å². The van der Waals surface area contributed by atoms with E-state index >= 15 is 0 Å². The Hall–Kier alpha value is -2.76. The molecule has 2 amide bonds. The van der Waals surface area contributed by atoms with E-state index in [1.807, 2.05) is 32.0 Å². The van der Waals surface area contributed by atoms with Crippen LogP contribution in [-0.2, 0) is 16.0 Å². The van der Waals surface area contributed by atoms with Gasteiger partial charge >= 0.3 is 0 Å². The zero-order chi connectivity index (χ0) is 17.7.